The van der Waals surface area contributed by atoms with Crippen molar-refractivity contribution in [2.75, 3.05) is 19.1 Å². The number of urea groups is 1. The molecule has 0 heterocycles. The highest BCUT2D eigenvalue weighted by atomic mass is 32.2. The highest BCUT2D eigenvalue weighted by Gasteiger charge is 2.25. The van der Waals surface area contributed by atoms with Gasteiger partial charge in [-0.1, -0.05) is 0 Å². The van der Waals surface area contributed by atoms with Gasteiger partial charge in [-0.15, -0.1) is 0 Å². The van der Waals surface area contributed by atoms with Crippen LogP contribution in [-0.4, -0.2) is 64.2 Å². The van der Waals surface area contributed by atoms with Crippen LogP contribution in [-0.2, 0) is 9.59 Å². The summed E-state index contributed by atoms with van der Waals surface area (Å²) >= 11 is 1.56. The number of rotatable bonds is 7. The number of amides is 2. The van der Waals surface area contributed by atoms with Gasteiger partial charge in [-0.05, 0) is 13.2 Å². The van der Waals surface area contributed by atoms with Crippen LogP contribution in [0.5, 0.6) is 0 Å². The van der Waals surface area contributed by atoms with Gasteiger partial charge in [0.1, 0.15) is 6.04 Å². The molecule has 0 radical (unpaired) electrons. The second-order valence-electron chi connectivity index (χ2n) is 3.85. The molecule has 0 spiro atoms. The van der Waals surface area contributed by atoms with Gasteiger partial charge in [0.2, 0.25) is 0 Å². The summed E-state index contributed by atoms with van der Waals surface area (Å²) in [7, 11) is 1.54. The van der Waals surface area contributed by atoms with Crippen molar-refractivity contribution in [3.05, 3.63) is 0 Å². The summed E-state index contributed by atoms with van der Waals surface area (Å²) < 4.78 is 0. The number of carbonyl (C=O) groups is 3. The van der Waals surface area contributed by atoms with Gasteiger partial charge < -0.3 is 20.4 Å². The smallest absolute Gasteiger partial charge is 0.326 e. The summed E-state index contributed by atoms with van der Waals surface area (Å²) in [6.07, 6.45) is 1.25. The van der Waals surface area contributed by atoms with Gasteiger partial charge in [0.25, 0.3) is 0 Å². The van der Waals surface area contributed by atoms with Crippen molar-refractivity contribution in [2.24, 2.45) is 0 Å². The molecule has 0 saturated heterocycles. The van der Waals surface area contributed by atoms with E-state index < -0.39 is 30.4 Å². The second kappa shape index (κ2) is 7.80. The number of hydrogen-bond donors (Lipinski definition) is 3. The SMILES string of the molecule is CSCC(C)N(C)C(=O)NC(CC(=O)O)C(=O)O. The van der Waals surface area contributed by atoms with Gasteiger partial charge in [0, 0.05) is 18.8 Å². The molecule has 0 aliphatic heterocycles. The molecule has 2 amide bonds. The summed E-state index contributed by atoms with van der Waals surface area (Å²) in [5.74, 6) is -1.93. The van der Waals surface area contributed by atoms with Crippen LogP contribution in [0.25, 0.3) is 0 Å². The van der Waals surface area contributed by atoms with E-state index in [0.29, 0.717) is 5.75 Å². The van der Waals surface area contributed by atoms with Crippen molar-refractivity contribution < 1.29 is 24.6 Å². The van der Waals surface area contributed by atoms with E-state index in [1.807, 2.05) is 13.2 Å². The van der Waals surface area contributed by atoms with Gasteiger partial charge in [-0.25, -0.2) is 9.59 Å². The van der Waals surface area contributed by atoms with E-state index in [0.717, 1.165) is 0 Å². The molecule has 104 valence electrons. The monoisotopic (exact) mass is 278 g/mol. The first-order valence-corrected chi connectivity index (χ1v) is 6.65. The molecule has 0 aromatic carbocycles. The first-order chi connectivity index (χ1) is 8.29. The summed E-state index contributed by atoms with van der Waals surface area (Å²) in [5.41, 5.74) is 0. The minimum absolute atomic E-state index is 0.0701. The van der Waals surface area contributed by atoms with Crippen LogP contribution in [0.2, 0.25) is 0 Å². The molecule has 0 saturated carbocycles. The van der Waals surface area contributed by atoms with E-state index in [4.69, 9.17) is 10.2 Å². The lowest BCUT2D eigenvalue weighted by Gasteiger charge is -2.26. The third-order valence-electron chi connectivity index (χ3n) is 2.36. The molecular weight excluding hydrogens is 260 g/mol. The first kappa shape index (κ1) is 16.6. The number of thioether (sulfide) groups is 1. The molecule has 2 atom stereocenters. The van der Waals surface area contributed by atoms with Gasteiger partial charge in [-0.3, -0.25) is 4.79 Å². The van der Waals surface area contributed by atoms with Crippen LogP contribution in [0, 0.1) is 0 Å². The lowest BCUT2D eigenvalue weighted by molar-refractivity contribution is -0.145. The largest absolute Gasteiger partial charge is 0.481 e. The molecule has 18 heavy (non-hydrogen) atoms. The van der Waals surface area contributed by atoms with Crippen LogP contribution in [0.3, 0.4) is 0 Å². The zero-order valence-electron chi connectivity index (χ0n) is 10.5. The normalized spacial score (nSPS) is 13.5. The Morgan fingerprint density at radius 1 is 1.33 bits per heavy atom. The molecule has 0 aromatic rings. The Bertz CT molecular complexity index is 323. The fraction of sp³-hybridized carbons (Fsp3) is 0.700. The number of carbonyl (C=O) groups excluding carboxylic acids is 1. The Hall–Kier alpha value is -1.44. The number of nitrogens with one attached hydrogen (secondary N) is 1. The topological polar surface area (TPSA) is 107 Å². The predicted molar refractivity (Wildman–Crippen MR) is 67.8 cm³/mol. The lowest BCUT2D eigenvalue weighted by Crippen LogP contribution is -2.50. The van der Waals surface area contributed by atoms with E-state index in [-0.39, 0.29) is 6.04 Å². The minimum atomic E-state index is -1.42. The van der Waals surface area contributed by atoms with Crippen LogP contribution in [0.4, 0.5) is 4.79 Å². The average Bonchev–Trinajstić information content (AvgIpc) is 2.26. The third-order valence-corrected chi connectivity index (χ3v) is 3.18. The van der Waals surface area contributed by atoms with Crippen LogP contribution in [0.1, 0.15) is 13.3 Å². The fourth-order valence-electron chi connectivity index (χ4n) is 1.18. The van der Waals surface area contributed by atoms with Crippen molar-refractivity contribution in [1.29, 1.82) is 0 Å². The first-order valence-electron chi connectivity index (χ1n) is 5.26. The Morgan fingerprint density at radius 3 is 2.28 bits per heavy atom. The maximum atomic E-state index is 11.7. The molecule has 0 aromatic heterocycles. The van der Waals surface area contributed by atoms with Crippen molar-refractivity contribution in [1.82, 2.24) is 10.2 Å². The molecule has 0 rings (SSSR count). The number of aliphatic carboxylic acids is 2. The van der Waals surface area contributed by atoms with E-state index in [9.17, 15) is 14.4 Å². The molecule has 0 aliphatic rings. The van der Waals surface area contributed by atoms with Crippen molar-refractivity contribution in [2.45, 2.75) is 25.4 Å². The van der Waals surface area contributed by atoms with Crippen LogP contribution < -0.4 is 5.32 Å². The van der Waals surface area contributed by atoms with Crippen LogP contribution >= 0.6 is 11.8 Å². The van der Waals surface area contributed by atoms with Crippen LogP contribution in [0.15, 0.2) is 0 Å². The number of hydrogen-bond acceptors (Lipinski definition) is 4. The average molecular weight is 278 g/mol. The van der Waals surface area contributed by atoms with Gasteiger partial charge >= 0.3 is 18.0 Å². The van der Waals surface area contributed by atoms with Gasteiger partial charge in [0.15, 0.2) is 0 Å². The predicted octanol–water partition coefficient (Wildman–Crippen LogP) is 0.307. The summed E-state index contributed by atoms with van der Waals surface area (Å²) in [6, 6.07) is -2.08. The molecule has 8 heteroatoms. The van der Waals surface area contributed by atoms with Gasteiger partial charge in [0.05, 0.1) is 6.42 Å². The Labute approximate surface area is 110 Å². The van der Waals surface area contributed by atoms with E-state index in [2.05, 4.69) is 5.32 Å². The lowest BCUT2D eigenvalue weighted by atomic mass is 10.2. The minimum Gasteiger partial charge on any atom is -0.481 e. The Morgan fingerprint density at radius 2 is 1.89 bits per heavy atom. The zero-order valence-corrected chi connectivity index (χ0v) is 11.4. The third kappa shape index (κ3) is 5.76. The molecule has 3 N–H and O–H groups in total. The zero-order chi connectivity index (χ0) is 14.3. The number of carboxylic acid groups (broad SMARTS) is 2. The quantitative estimate of drug-likeness (QED) is 0.618. The Kier molecular flexibility index (Phi) is 7.18. The second-order valence-corrected chi connectivity index (χ2v) is 4.76. The number of nitrogens with zero attached hydrogens (tertiary/aromatic N) is 1. The molecule has 2 unspecified atom stereocenters. The van der Waals surface area contributed by atoms with E-state index in [1.165, 1.54) is 11.9 Å². The summed E-state index contributed by atoms with van der Waals surface area (Å²) in [5, 5.41) is 19.5. The molecular formula is C10H18N2O5S. The van der Waals surface area contributed by atoms with Crippen molar-refractivity contribution in [3.63, 3.8) is 0 Å². The van der Waals surface area contributed by atoms with E-state index >= 15 is 0 Å². The van der Waals surface area contributed by atoms with E-state index in [1.54, 1.807) is 11.8 Å². The maximum Gasteiger partial charge on any atom is 0.326 e. The van der Waals surface area contributed by atoms with Crippen molar-refractivity contribution in [3.8, 4) is 0 Å². The molecule has 0 fully saturated rings. The molecule has 0 bridgehead atoms. The molecule has 0 aliphatic carbocycles. The summed E-state index contributed by atoms with van der Waals surface area (Å²) in [4.78, 5) is 34.3. The molecule has 7 nitrogen and oxygen atoms in total. The standard InChI is InChI=1S/C10H18N2O5S/c1-6(5-18-3)12(2)10(17)11-7(9(15)16)4-8(13)14/h6-7H,4-5H2,1-3H3,(H,11,17)(H,13,14)(H,15,16). The highest BCUT2D eigenvalue weighted by molar-refractivity contribution is 7.98. The maximum absolute atomic E-state index is 11.7. The van der Waals surface area contributed by atoms with Gasteiger partial charge in [-0.2, -0.15) is 11.8 Å². The summed E-state index contributed by atoms with van der Waals surface area (Å²) in [6.45, 7) is 1.82. The Balaban J connectivity index is 4.49. The number of carboxylic acids is 2. The fourth-order valence-corrected chi connectivity index (χ4v) is 1.88. The van der Waals surface area contributed by atoms with Crippen molar-refractivity contribution >= 4 is 29.7 Å². The highest BCUT2D eigenvalue weighted by Crippen LogP contribution is 2.04.